The summed E-state index contributed by atoms with van der Waals surface area (Å²) in [4.78, 5) is 12.3. The summed E-state index contributed by atoms with van der Waals surface area (Å²) in [5, 5.41) is 0. The topological polar surface area (TPSA) is 48.4 Å². The zero-order valence-corrected chi connectivity index (χ0v) is 7.36. The van der Waals surface area contributed by atoms with E-state index in [4.69, 9.17) is 4.79 Å². The molecule has 1 heterocycles. The minimum atomic E-state index is -0.569. The number of carbonyl (C=O) groups is 1. The maximum atomic E-state index is 12.4. The second-order valence-corrected chi connectivity index (χ2v) is 1.83. The van der Waals surface area contributed by atoms with Crippen molar-refractivity contribution in [3.05, 3.63) is 24.3 Å². The van der Waals surface area contributed by atoms with Gasteiger partial charge in [0.15, 0.2) is 5.75 Å². The minimum absolute atomic E-state index is 0.178. The van der Waals surface area contributed by atoms with Crippen LogP contribution in [0.5, 0.6) is 5.75 Å². The van der Waals surface area contributed by atoms with Crippen molar-refractivity contribution in [3.63, 3.8) is 0 Å². The van der Waals surface area contributed by atoms with Crippen molar-refractivity contribution in [1.82, 2.24) is 4.98 Å². The first-order valence-electron chi connectivity index (χ1n) is 3.37. The third kappa shape index (κ3) is 4.73. The molecule has 0 aromatic carbocycles. The molecule has 0 amide bonds. The summed E-state index contributed by atoms with van der Waals surface area (Å²) in [5.74, 6) is -0.391. The van der Waals surface area contributed by atoms with E-state index < -0.39 is 5.95 Å². The van der Waals surface area contributed by atoms with Crippen LogP contribution in [0.4, 0.5) is 4.39 Å². The van der Waals surface area contributed by atoms with Gasteiger partial charge in [-0.15, -0.1) is 0 Å². The van der Waals surface area contributed by atoms with Crippen LogP contribution in [0.3, 0.4) is 0 Å². The van der Waals surface area contributed by atoms with Crippen LogP contribution in [-0.2, 0) is 9.53 Å². The van der Waals surface area contributed by atoms with E-state index in [9.17, 15) is 4.39 Å². The number of hydrogen-bond donors (Lipinski definition) is 0. The average Bonchev–Trinajstić information content (AvgIpc) is 2.19. The Hall–Kier alpha value is -1.65. The van der Waals surface area contributed by atoms with Gasteiger partial charge in [-0.1, -0.05) is 0 Å². The van der Waals surface area contributed by atoms with Crippen molar-refractivity contribution in [1.29, 1.82) is 0 Å². The van der Waals surface area contributed by atoms with Gasteiger partial charge < -0.3 is 9.47 Å². The largest absolute Gasteiger partial charge is 0.492 e. The van der Waals surface area contributed by atoms with Gasteiger partial charge in [0.05, 0.1) is 14.2 Å². The van der Waals surface area contributed by atoms with Crippen LogP contribution in [0, 0.1) is 5.95 Å². The molecule has 0 bridgehead atoms. The lowest BCUT2D eigenvalue weighted by molar-refractivity contribution is -0.126. The molecule has 4 nitrogen and oxygen atoms in total. The number of hydrogen-bond acceptors (Lipinski definition) is 4. The fraction of sp³-hybridized carbons (Fsp3) is 0.250. The molecular formula is C8H10FNO3. The Morgan fingerprint density at radius 1 is 1.54 bits per heavy atom. The number of carbonyl (C=O) groups excluding carboxylic acids is 1. The molecule has 72 valence electrons. The predicted octanol–water partition coefficient (Wildman–Crippen LogP) is 1.02. The molecule has 0 spiro atoms. The van der Waals surface area contributed by atoms with Crippen molar-refractivity contribution in [2.24, 2.45) is 0 Å². The first kappa shape index (κ1) is 11.4. The van der Waals surface area contributed by atoms with Gasteiger partial charge in [0.25, 0.3) is 12.4 Å². The van der Waals surface area contributed by atoms with Crippen molar-refractivity contribution < 1.29 is 18.7 Å². The highest BCUT2D eigenvalue weighted by Gasteiger charge is 1.97. The molecule has 0 aliphatic heterocycles. The molecule has 1 aromatic rings. The number of rotatable bonds is 2. The Balaban J connectivity index is 0.000000310. The number of methoxy groups -OCH3 is 2. The number of ether oxygens (including phenoxy) is 2. The third-order valence-corrected chi connectivity index (χ3v) is 1.04. The molecule has 1 aromatic heterocycles. The molecule has 0 aliphatic rings. The van der Waals surface area contributed by atoms with E-state index in [0.29, 0.717) is 6.47 Å². The zero-order chi connectivity index (χ0) is 10.1. The quantitative estimate of drug-likeness (QED) is 0.512. The van der Waals surface area contributed by atoms with Gasteiger partial charge in [-0.2, -0.15) is 4.39 Å². The molecular weight excluding hydrogens is 177 g/mol. The normalized spacial score (nSPS) is 7.92. The molecule has 1 rings (SSSR count). The first-order valence-corrected chi connectivity index (χ1v) is 3.37. The lowest BCUT2D eigenvalue weighted by atomic mass is 10.4. The summed E-state index contributed by atoms with van der Waals surface area (Å²) < 4.78 is 20.8. The first-order chi connectivity index (χ1) is 6.26. The summed E-state index contributed by atoms with van der Waals surface area (Å²) in [7, 11) is 2.72. The average molecular weight is 187 g/mol. The van der Waals surface area contributed by atoms with Gasteiger partial charge in [-0.3, -0.25) is 4.79 Å². The predicted molar refractivity (Wildman–Crippen MR) is 43.8 cm³/mol. The van der Waals surface area contributed by atoms with Crippen molar-refractivity contribution in [2.45, 2.75) is 0 Å². The van der Waals surface area contributed by atoms with E-state index in [2.05, 4.69) is 14.5 Å². The number of pyridine rings is 1. The number of nitrogens with zero attached hydrogens (tertiary/aromatic N) is 1. The Bertz CT molecular complexity index is 255. The second-order valence-electron chi connectivity index (χ2n) is 1.83. The summed E-state index contributed by atoms with van der Waals surface area (Å²) in [6.45, 7) is 0.375. The van der Waals surface area contributed by atoms with E-state index in [0.717, 1.165) is 0 Å². The van der Waals surface area contributed by atoms with Gasteiger partial charge in [-0.25, -0.2) is 4.98 Å². The van der Waals surface area contributed by atoms with Gasteiger partial charge in [0, 0.05) is 6.20 Å². The maximum Gasteiger partial charge on any atom is 0.292 e. The van der Waals surface area contributed by atoms with Crippen LogP contribution in [0.15, 0.2) is 18.3 Å². The van der Waals surface area contributed by atoms with Gasteiger partial charge in [0.1, 0.15) is 0 Å². The molecule has 13 heavy (non-hydrogen) atoms. The van der Waals surface area contributed by atoms with Crippen LogP contribution < -0.4 is 4.74 Å². The van der Waals surface area contributed by atoms with Crippen molar-refractivity contribution in [2.75, 3.05) is 14.2 Å². The highest BCUT2D eigenvalue weighted by Crippen LogP contribution is 2.10. The van der Waals surface area contributed by atoms with Gasteiger partial charge in [-0.05, 0) is 12.1 Å². The molecule has 0 saturated heterocycles. The minimum Gasteiger partial charge on any atom is -0.492 e. The molecule has 0 fully saturated rings. The van der Waals surface area contributed by atoms with E-state index in [1.54, 1.807) is 6.07 Å². The zero-order valence-electron chi connectivity index (χ0n) is 7.36. The number of aromatic nitrogens is 1. The highest BCUT2D eigenvalue weighted by atomic mass is 19.1. The standard InChI is InChI=1S/C6H6FNO.C2H4O2/c1-9-5-3-2-4-8-6(5)7;1-4-2-3/h2-4H,1H3;2H,1H3. The van der Waals surface area contributed by atoms with Crippen molar-refractivity contribution in [3.8, 4) is 5.75 Å². The monoisotopic (exact) mass is 187 g/mol. The molecule has 0 unspecified atom stereocenters. The highest BCUT2D eigenvalue weighted by molar-refractivity contribution is 5.36. The van der Waals surface area contributed by atoms with Crippen LogP contribution in [0.1, 0.15) is 0 Å². The van der Waals surface area contributed by atoms with E-state index in [-0.39, 0.29) is 5.75 Å². The van der Waals surface area contributed by atoms with Gasteiger partial charge in [0.2, 0.25) is 0 Å². The second kappa shape index (κ2) is 7.02. The molecule has 0 radical (unpaired) electrons. The van der Waals surface area contributed by atoms with Crippen molar-refractivity contribution >= 4 is 6.47 Å². The Morgan fingerprint density at radius 2 is 2.15 bits per heavy atom. The molecule has 0 saturated carbocycles. The summed E-state index contributed by atoms with van der Waals surface area (Å²) in [6, 6.07) is 3.13. The molecule has 0 N–H and O–H groups in total. The van der Waals surface area contributed by atoms with Crippen LogP contribution in [0.2, 0.25) is 0 Å². The smallest absolute Gasteiger partial charge is 0.292 e. The lowest BCUT2D eigenvalue weighted by Gasteiger charge is -1.96. The molecule has 5 heteroatoms. The molecule has 0 aliphatic carbocycles. The Morgan fingerprint density at radius 3 is 2.46 bits per heavy atom. The van der Waals surface area contributed by atoms with E-state index in [1.165, 1.54) is 26.5 Å². The summed E-state index contributed by atoms with van der Waals surface area (Å²) >= 11 is 0. The fourth-order valence-electron chi connectivity index (χ4n) is 0.524. The molecule has 0 atom stereocenters. The Labute approximate surface area is 75.3 Å². The maximum absolute atomic E-state index is 12.4. The van der Waals surface area contributed by atoms with Gasteiger partial charge >= 0.3 is 0 Å². The van der Waals surface area contributed by atoms with Crippen LogP contribution >= 0.6 is 0 Å². The van der Waals surface area contributed by atoms with E-state index in [1.807, 2.05) is 0 Å². The lowest BCUT2D eigenvalue weighted by Crippen LogP contribution is -1.88. The van der Waals surface area contributed by atoms with E-state index >= 15 is 0 Å². The van der Waals surface area contributed by atoms with Crippen LogP contribution in [0.25, 0.3) is 0 Å². The fourth-order valence-corrected chi connectivity index (χ4v) is 0.524. The summed E-state index contributed by atoms with van der Waals surface area (Å²) in [5.41, 5.74) is 0. The van der Waals surface area contributed by atoms with Crippen LogP contribution in [-0.4, -0.2) is 25.7 Å². The Kier molecular flexibility index (Phi) is 6.13. The summed E-state index contributed by atoms with van der Waals surface area (Å²) in [6.07, 6.45) is 1.37. The number of halogens is 1. The third-order valence-electron chi connectivity index (χ3n) is 1.04. The SMILES string of the molecule is COC=O.COc1cccnc1F.